The van der Waals surface area contributed by atoms with Crippen molar-refractivity contribution in [3.05, 3.63) is 65.7 Å². The Kier molecular flexibility index (Phi) is 8.91. The average Bonchev–Trinajstić information content (AvgIpc) is 2.83. The predicted molar refractivity (Wildman–Crippen MR) is 120 cm³/mol. The zero-order valence-corrected chi connectivity index (χ0v) is 18.2. The minimum atomic E-state index is -0.136. The molecule has 6 heteroatoms. The third kappa shape index (κ3) is 7.10. The molecule has 1 saturated heterocycles. The normalized spacial score (nSPS) is 16.0. The van der Waals surface area contributed by atoms with Crippen molar-refractivity contribution in [2.45, 2.75) is 38.7 Å². The van der Waals surface area contributed by atoms with Gasteiger partial charge in [-0.25, -0.2) is 0 Å². The molecule has 1 aliphatic rings. The first-order chi connectivity index (χ1) is 15.2. The summed E-state index contributed by atoms with van der Waals surface area (Å²) in [6.45, 7) is 4.99. The van der Waals surface area contributed by atoms with Crippen molar-refractivity contribution in [1.29, 1.82) is 0 Å². The van der Waals surface area contributed by atoms with Gasteiger partial charge < -0.3 is 19.7 Å². The number of morpholine rings is 1. The molecule has 0 aromatic heterocycles. The molecule has 6 nitrogen and oxygen atoms in total. The number of carbonyl (C=O) groups is 2. The number of hydrogen-bond acceptors (Lipinski definition) is 4. The van der Waals surface area contributed by atoms with Gasteiger partial charge in [-0.05, 0) is 42.7 Å². The summed E-state index contributed by atoms with van der Waals surface area (Å²) >= 11 is 0. The van der Waals surface area contributed by atoms with Crippen LogP contribution in [0.15, 0.2) is 54.6 Å². The van der Waals surface area contributed by atoms with Crippen LogP contribution in [-0.4, -0.2) is 49.6 Å². The van der Waals surface area contributed by atoms with E-state index in [1.807, 2.05) is 47.4 Å². The highest BCUT2D eigenvalue weighted by Gasteiger charge is 2.24. The molecule has 1 aliphatic heterocycles. The highest BCUT2D eigenvalue weighted by molar-refractivity contribution is 5.94. The predicted octanol–water partition coefficient (Wildman–Crippen LogP) is 3.98. The maximum absolute atomic E-state index is 12.6. The number of hydrogen-bond donors (Lipinski definition) is 1. The number of benzene rings is 2. The molecule has 2 amide bonds. The summed E-state index contributed by atoms with van der Waals surface area (Å²) in [5.41, 5.74) is 1.68. The molecule has 3 rings (SSSR count). The lowest BCUT2D eigenvalue weighted by molar-refractivity contribution is -0.139. The van der Waals surface area contributed by atoms with Gasteiger partial charge in [0, 0.05) is 25.1 Å². The minimum absolute atomic E-state index is 0.0764. The monoisotopic (exact) mass is 424 g/mol. The minimum Gasteiger partial charge on any atom is -0.494 e. The van der Waals surface area contributed by atoms with E-state index in [0.29, 0.717) is 51.3 Å². The van der Waals surface area contributed by atoms with Crippen molar-refractivity contribution in [2.75, 3.05) is 32.8 Å². The van der Waals surface area contributed by atoms with Gasteiger partial charge in [-0.15, -0.1) is 0 Å². The van der Waals surface area contributed by atoms with Crippen LogP contribution in [0.25, 0.3) is 0 Å². The summed E-state index contributed by atoms with van der Waals surface area (Å²) in [7, 11) is 0. The Bertz CT molecular complexity index is 823. The van der Waals surface area contributed by atoms with Gasteiger partial charge in [-0.3, -0.25) is 9.59 Å². The molecule has 0 radical (unpaired) electrons. The van der Waals surface area contributed by atoms with Gasteiger partial charge in [0.1, 0.15) is 11.9 Å². The van der Waals surface area contributed by atoms with Gasteiger partial charge in [0.05, 0.1) is 19.8 Å². The quantitative estimate of drug-likeness (QED) is 0.586. The SMILES string of the molecule is CCCCOc1ccc(C(=O)NCCCC(=O)N2CCOC(c3ccccc3)C2)cc1. The van der Waals surface area contributed by atoms with Crippen LogP contribution in [0, 0.1) is 0 Å². The molecular formula is C25H32N2O4. The van der Waals surface area contributed by atoms with Crippen LogP contribution in [0.1, 0.15) is 54.6 Å². The first-order valence-electron chi connectivity index (χ1n) is 11.1. The molecule has 1 heterocycles. The van der Waals surface area contributed by atoms with E-state index < -0.39 is 0 Å². The summed E-state index contributed by atoms with van der Waals surface area (Å²) < 4.78 is 11.4. The standard InChI is InChI=1S/C25H32N2O4/c1-2-3-17-30-22-13-11-21(12-14-22)25(29)26-15-7-10-24(28)27-16-18-31-23(19-27)20-8-5-4-6-9-20/h4-6,8-9,11-14,23H,2-3,7,10,15-19H2,1H3,(H,26,29). The van der Waals surface area contributed by atoms with Crippen molar-refractivity contribution in [1.82, 2.24) is 10.2 Å². The van der Waals surface area contributed by atoms with Crippen molar-refractivity contribution < 1.29 is 19.1 Å². The van der Waals surface area contributed by atoms with Crippen molar-refractivity contribution >= 4 is 11.8 Å². The number of nitrogens with zero attached hydrogens (tertiary/aromatic N) is 1. The third-order valence-corrected chi connectivity index (χ3v) is 5.33. The van der Waals surface area contributed by atoms with Crippen LogP contribution >= 0.6 is 0 Å². The summed E-state index contributed by atoms with van der Waals surface area (Å²) in [5, 5.41) is 2.89. The first-order valence-corrected chi connectivity index (χ1v) is 11.1. The lowest BCUT2D eigenvalue weighted by Crippen LogP contribution is -2.42. The fraction of sp³-hybridized carbons (Fsp3) is 0.440. The smallest absolute Gasteiger partial charge is 0.251 e. The lowest BCUT2D eigenvalue weighted by Gasteiger charge is -2.33. The van der Waals surface area contributed by atoms with E-state index in [0.717, 1.165) is 24.2 Å². The van der Waals surface area contributed by atoms with E-state index in [-0.39, 0.29) is 17.9 Å². The largest absolute Gasteiger partial charge is 0.494 e. The molecule has 0 aliphatic carbocycles. The summed E-state index contributed by atoms with van der Waals surface area (Å²) in [4.78, 5) is 26.7. The van der Waals surface area contributed by atoms with Crippen LogP contribution in [0.4, 0.5) is 0 Å². The van der Waals surface area contributed by atoms with E-state index in [9.17, 15) is 9.59 Å². The van der Waals surface area contributed by atoms with Gasteiger partial charge >= 0.3 is 0 Å². The van der Waals surface area contributed by atoms with E-state index in [1.54, 1.807) is 12.1 Å². The number of ether oxygens (including phenoxy) is 2. The van der Waals surface area contributed by atoms with Gasteiger partial charge in [0.15, 0.2) is 0 Å². The molecule has 0 saturated carbocycles. The van der Waals surface area contributed by atoms with Crippen LogP contribution in [0.2, 0.25) is 0 Å². The van der Waals surface area contributed by atoms with Crippen LogP contribution in [-0.2, 0) is 9.53 Å². The second-order valence-corrected chi connectivity index (χ2v) is 7.70. The molecule has 31 heavy (non-hydrogen) atoms. The molecule has 166 valence electrons. The fourth-order valence-electron chi connectivity index (χ4n) is 3.48. The van der Waals surface area contributed by atoms with Crippen LogP contribution in [0.5, 0.6) is 5.75 Å². The highest BCUT2D eigenvalue weighted by Crippen LogP contribution is 2.22. The molecule has 1 N–H and O–H groups in total. The number of rotatable bonds is 10. The van der Waals surface area contributed by atoms with Crippen molar-refractivity contribution in [3.8, 4) is 5.75 Å². The second kappa shape index (κ2) is 12.1. The topological polar surface area (TPSA) is 67.9 Å². The Morgan fingerprint density at radius 1 is 1.10 bits per heavy atom. The van der Waals surface area contributed by atoms with Crippen LogP contribution < -0.4 is 10.1 Å². The zero-order chi connectivity index (χ0) is 21.9. The Morgan fingerprint density at radius 2 is 1.87 bits per heavy atom. The number of carbonyl (C=O) groups excluding carboxylic acids is 2. The Hall–Kier alpha value is -2.86. The molecule has 0 bridgehead atoms. The van der Waals surface area contributed by atoms with Gasteiger partial charge in [0.2, 0.25) is 5.91 Å². The summed E-state index contributed by atoms with van der Waals surface area (Å²) in [6.07, 6.45) is 3.04. The fourth-order valence-corrected chi connectivity index (χ4v) is 3.48. The van der Waals surface area contributed by atoms with E-state index in [4.69, 9.17) is 9.47 Å². The van der Waals surface area contributed by atoms with E-state index in [1.165, 1.54) is 0 Å². The molecule has 1 atom stereocenters. The lowest BCUT2D eigenvalue weighted by atomic mass is 10.1. The average molecular weight is 425 g/mol. The van der Waals surface area contributed by atoms with Gasteiger partial charge in [-0.2, -0.15) is 0 Å². The molecular weight excluding hydrogens is 392 g/mol. The first kappa shape index (κ1) is 22.8. The third-order valence-electron chi connectivity index (χ3n) is 5.33. The number of unbranched alkanes of at least 4 members (excludes halogenated alkanes) is 1. The Balaban J connectivity index is 1.37. The second-order valence-electron chi connectivity index (χ2n) is 7.70. The number of amides is 2. The highest BCUT2D eigenvalue weighted by atomic mass is 16.5. The van der Waals surface area contributed by atoms with E-state index >= 15 is 0 Å². The number of nitrogens with one attached hydrogen (secondary N) is 1. The molecule has 2 aromatic carbocycles. The molecule has 2 aromatic rings. The van der Waals surface area contributed by atoms with Crippen molar-refractivity contribution in [3.63, 3.8) is 0 Å². The molecule has 0 spiro atoms. The summed E-state index contributed by atoms with van der Waals surface area (Å²) in [5.74, 6) is 0.741. The summed E-state index contributed by atoms with van der Waals surface area (Å²) in [6, 6.07) is 17.1. The van der Waals surface area contributed by atoms with Gasteiger partial charge in [0.25, 0.3) is 5.91 Å². The zero-order valence-electron chi connectivity index (χ0n) is 18.2. The maximum Gasteiger partial charge on any atom is 0.251 e. The Labute approximate surface area is 184 Å². The van der Waals surface area contributed by atoms with Gasteiger partial charge in [-0.1, -0.05) is 43.7 Å². The molecule has 1 unspecified atom stereocenters. The Morgan fingerprint density at radius 3 is 2.61 bits per heavy atom. The van der Waals surface area contributed by atoms with E-state index in [2.05, 4.69) is 12.2 Å². The maximum atomic E-state index is 12.6. The molecule has 1 fully saturated rings. The van der Waals surface area contributed by atoms with Crippen LogP contribution in [0.3, 0.4) is 0 Å². The van der Waals surface area contributed by atoms with Crippen molar-refractivity contribution in [2.24, 2.45) is 0 Å².